The van der Waals surface area contributed by atoms with Crippen molar-refractivity contribution >= 4 is 113 Å². The number of carboxylic acid groups (broad SMARTS) is 1. The number of thiol groups is 1. The van der Waals surface area contributed by atoms with E-state index < -0.39 is 5.97 Å². The van der Waals surface area contributed by atoms with Crippen LogP contribution in [0.2, 0.25) is 0 Å². The summed E-state index contributed by atoms with van der Waals surface area (Å²) in [6, 6.07) is 31.3. The number of anilines is 3. The van der Waals surface area contributed by atoms with Gasteiger partial charge in [-0.05, 0) is 120 Å². The maximum atomic E-state index is 12.0. The van der Waals surface area contributed by atoms with Crippen molar-refractivity contribution in [3.05, 3.63) is 161 Å². The predicted molar refractivity (Wildman–Crippen MR) is 277 cm³/mol. The Bertz CT molecular complexity index is 2570. The average molecular weight is 1060 g/mol. The van der Waals surface area contributed by atoms with Crippen LogP contribution in [0.3, 0.4) is 0 Å². The van der Waals surface area contributed by atoms with Gasteiger partial charge in [0.1, 0.15) is 11.5 Å². The first-order valence-corrected chi connectivity index (χ1v) is 24.9. The fourth-order valence-corrected chi connectivity index (χ4v) is 9.56. The monoisotopic (exact) mass is 1060 g/mol. The van der Waals surface area contributed by atoms with E-state index in [-0.39, 0.29) is 12.3 Å². The number of rotatable bonds is 13. The van der Waals surface area contributed by atoms with Crippen molar-refractivity contribution in [3.63, 3.8) is 0 Å². The number of aromatic nitrogens is 5. The van der Waals surface area contributed by atoms with E-state index in [1.54, 1.807) is 87.2 Å². The van der Waals surface area contributed by atoms with E-state index in [9.17, 15) is 9.59 Å². The lowest BCUT2D eigenvalue weighted by Gasteiger charge is -2.02. The Balaban J connectivity index is 0.000000197. The highest BCUT2D eigenvalue weighted by Gasteiger charge is 2.09. The molecule has 344 valence electrons. The molecule has 0 aliphatic rings. The Morgan fingerprint density at radius 3 is 1.59 bits per heavy atom. The minimum Gasteiger partial charge on any atom is -0.497 e. The lowest BCUT2D eigenvalue weighted by molar-refractivity contribution is -0.137. The van der Waals surface area contributed by atoms with Crippen LogP contribution in [-0.2, 0) is 22.4 Å². The van der Waals surface area contributed by atoms with E-state index >= 15 is 0 Å². The van der Waals surface area contributed by atoms with E-state index in [4.69, 9.17) is 26.0 Å². The summed E-state index contributed by atoms with van der Waals surface area (Å²) in [5, 5.41) is 13.0. The molecule has 0 saturated heterocycles. The number of nitrogen functional groups attached to an aromatic ring is 2. The van der Waals surface area contributed by atoms with Gasteiger partial charge in [0.25, 0.3) is 0 Å². The molecule has 0 bridgehead atoms. The van der Waals surface area contributed by atoms with Crippen LogP contribution in [0, 0.1) is 6.92 Å². The van der Waals surface area contributed by atoms with Crippen LogP contribution in [0.1, 0.15) is 29.5 Å². The third-order valence-electron chi connectivity index (χ3n) is 8.03. The Kier molecular flexibility index (Phi) is 24.1. The Morgan fingerprint density at radius 2 is 1.18 bits per heavy atom. The van der Waals surface area contributed by atoms with Gasteiger partial charge in [0.15, 0.2) is 15.4 Å². The van der Waals surface area contributed by atoms with Gasteiger partial charge >= 0.3 is 5.97 Å². The second kappa shape index (κ2) is 29.9. The van der Waals surface area contributed by atoms with Crippen molar-refractivity contribution in [2.24, 2.45) is 0 Å². The summed E-state index contributed by atoms with van der Waals surface area (Å²) in [4.78, 5) is 45.4. The summed E-state index contributed by atoms with van der Waals surface area (Å²) in [5.74, 6) is 0.881. The number of amides is 1. The third-order valence-corrected chi connectivity index (χ3v) is 13.6. The molecule has 0 aliphatic carbocycles. The van der Waals surface area contributed by atoms with Crippen molar-refractivity contribution in [2.45, 2.75) is 55.7 Å². The molecule has 3 aromatic carbocycles. The SMILES string of the molecule is COc1ccc(Sc2cnc(N)s2)cc1.COc1ccc(Sc2cnc(NC(=O)CCc3cccnc3)s2)cc1.Cc1ccc(S)cc1.Nc1ncc(Br)s1.O=C(O)CCc1cccnc1. The molecule has 5 aromatic heterocycles. The zero-order valence-corrected chi connectivity index (χ0v) is 42.5. The summed E-state index contributed by atoms with van der Waals surface area (Å²) in [6.45, 7) is 2.06. The van der Waals surface area contributed by atoms with Gasteiger partial charge in [-0.1, -0.05) is 87.4 Å². The zero-order chi connectivity index (χ0) is 47.5. The van der Waals surface area contributed by atoms with Crippen LogP contribution in [0.25, 0.3) is 0 Å². The summed E-state index contributed by atoms with van der Waals surface area (Å²) in [7, 11) is 3.31. The normalized spacial score (nSPS) is 9.95. The molecule has 5 heterocycles. The second-order valence-corrected chi connectivity index (χ2v) is 20.9. The van der Waals surface area contributed by atoms with Crippen LogP contribution in [0.5, 0.6) is 11.5 Å². The first-order valence-electron chi connectivity index (χ1n) is 19.6. The van der Waals surface area contributed by atoms with Crippen molar-refractivity contribution in [3.8, 4) is 11.5 Å². The molecule has 0 fully saturated rings. The van der Waals surface area contributed by atoms with Gasteiger partial charge < -0.3 is 31.4 Å². The van der Waals surface area contributed by atoms with Crippen molar-refractivity contribution in [2.75, 3.05) is 31.0 Å². The molecule has 0 saturated carbocycles. The number of hydrogen-bond donors (Lipinski definition) is 5. The maximum Gasteiger partial charge on any atom is 0.303 e. The number of carbonyl (C=O) groups excluding carboxylic acids is 1. The molecule has 20 heteroatoms. The number of hydrogen-bond acceptors (Lipinski definition) is 17. The third kappa shape index (κ3) is 22.1. The molecule has 66 heavy (non-hydrogen) atoms. The molecule has 8 aromatic rings. The maximum absolute atomic E-state index is 12.0. The van der Waals surface area contributed by atoms with Crippen LogP contribution in [-0.4, -0.2) is 56.1 Å². The average Bonchev–Trinajstić information content (AvgIpc) is 4.07. The number of carbonyl (C=O) groups is 2. The van der Waals surface area contributed by atoms with E-state index in [2.05, 4.69) is 65.7 Å². The molecular weight excluding hydrogens is 1020 g/mol. The molecule has 0 spiro atoms. The van der Waals surface area contributed by atoms with Crippen molar-refractivity contribution in [1.82, 2.24) is 24.9 Å². The number of aliphatic carboxylic acids is 1. The van der Waals surface area contributed by atoms with Gasteiger partial charge in [-0.25, -0.2) is 15.0 Å². The number of halogens is 1. The number of aryl methyl sites for hydroxylation is 3. The number of pyridine rings is 2. The van der Waals surface area contributed by atoms with Gasteiger partial charge in [-0.15, -0.1) is 12.6 Å². The summed E-state index contributed by atoms with van der Waals surface area (Å²) in [6.07, 6.45) is 13.9. The van der Waals surface area contributed by atoms with Crippen LogP contribution < -0.4 is 26.3 Å². The Morgan fingerprint density at radius 1 is 0.682 bits per heavy atom. The molecule has 0 radical (unpaired) electrons. The highest BCUT2D eigenvalue weighted by molar-refractivity contribution is 9.11. The lowest BCUT2D eigenvalue weighted by atomic mass is 10.1. The molecular formula is C46H47BrN8O5S6. The topological polar surface area (TPSA) is 201 Å². The fraction of sp³-hybridized carbons (Fsp3) is 0.152. The molecule has 1 amide bonds. The second-order valence-electron chi connectivity index (χ2n) is 13.1. The zero-order valence-electron chi connectivity index (χ0n) is 35.9. The Labute approximate surface area is 418 Å². The number of benzene rings is 3. The van der Waals surface area contributed by atoms with Crippen LogP contribution in [0.15, 0.2) is 167 Å². The number of thiazole rings is 3. The minimum absolute atomic E-state index is 0.0424. The highest BCUT2D eigenvalue weighted by atomic mass is 79.9. The van der Waals surface area contributed by atoms with E-state index in [0.29, 0.717) is 34.7 Å². The highest BCUT2D eigenvalue weighted by Crippen LogP contribution is 2.35. The summed E-state index contributed by atoms with van der Waals surface area (Å²) in [5.41, 5.74) is 14.1. The van der Waals surface area contributed by atoms with Crippen LogP contribution >= 0.6 is 86.1 Å². The number of methoxy groups -OCH3 is 2. The van der Waals surface area contributed by atoms with Gasteiger partial charge in [0, 0.05) is 52.3 Å². The minimum atomic E-state index is -0.770. The number of ether oxygens (including phenoxy) is 2. The van der Waals surface area contributed by atoms with Gasteiger partial charge in [0.2, 0.25) is 5.91 Å². The molecule has 8 rings (SSSR count). The standard InChI is InChI=1S/C18H17N3O2S2.C10H10N2OS2.C8H9NO2.C7H8S.C3H3BrN2S/c1-23-14-5-7-15(8-6-14)24-17-12-20-18(25-17)21-16(22)9-4-13-3-2-10-19-11-13;1-13-7-2-4-8(5-3-7)14-9-6-12-10(11)15-9;10-8(11)4-3-7-2-1-5-9-6-7;1-6-2-4-7(8)5-3-6;4-2-1-6-3(5)7-2/h2-3,5-8,10-12H,4,9H2,1H3,(H,20,21,22);2-6H,1H3,(H2,11,12);1-2,5-6H,3-4H2,(H,10,11);2-5,8H,1H3;1H,(H2,5,6). The number of nitrogens with one attached hydrogen (secondary N) is 1. The number of nitrogens with zero attached hydrogens (tertiary/aromatic N) is 5. The Hall–Kier alpha value is -5.48. The first kappa shape index (κ1) is 53.1. The summed E-state index contributed by atoms with van der Waals surface area (Å²) >= 11 is 15.0. The molecule has 6 N–H and O–H groups in total. The van der Waals surface area contributed by atoms with E-state index in [1.165, 1.54) is 39.6 Å². The summed E-state index contributed by atoms with van der Waals surface area (Å²) < 4.78 is 13.3. The van der Waals surface area contributed by atoms with E-state index in [1.807, 2.05) is 91.0 Å². The molecule has 0 atom stereocenters. The largest absolute Gasteiger partial charge is 0.497 e. The number of carboxylic acids is 1. The predicted octanol–water partition coefficient (Wildman–Crippen LogP) is 12.0. The smallest absolute Gasteiger partial charge is 0.303 e. The van der Waals surface area contributed by atoms with Gasteiger partial charge in [0.05, 0.1) is 45.0 Å². The van der Waals surface area contributed by atoms with Gasteiger partial charge in [-0.2, -0.15) is 0 Å². The quantitative estimate of drug-likeness (QED) is 0.0683. The fourth-order valence-electron chi connectivity index (χ4n) is 4.80. The molecule has 0 unspecified atom stereocenters. The van der Waals surface area contributed by atoms with E-state index in [0.717, 1.165) is 49.5 Å². The van der Waals surface area contributed by atoms with Gasteiger partial charge in [-0.3, -0.25) is 19.6 Å². The first-order chi connectivity index (χ1) is 31.9. The number of nitrogens with two attached hydrogens (primary N) is 2. The molecule has 13 nitrogen and oxygen atoms in total. The van der Waals surface area contributed by atoms with Crippen molar-refractivity contribution in [1.29, 1.82) is 0 Å². The van der Waals surface area contributed by atoms with Crippen LogP contribution in [0.4, 0.5) is 15.4 Å². The lowest BCUT2D eigenvalue weighted by Crippen LogP contribution is -2.12. The van der Waals surface area contributed by atoms with Crippen molar-refractivity contribution < 1.29 is 24.2 Å². The molecule has 0 aliphatic heterocycles.